The maximum absolute atomic E-state index is 9.63. The van der Waals surface area contributed by atoms with Crippen LogP contribution in [0, 0.1) is 16.7 Å². The molecule has 0 spiro atoms. The van der Waals surface area contributed by atoms with E-state index in [1.807, 2.05) is 17.8 Å². The van der Waals surface area contributed by atoms with Crippen molar-refractivity contribution in [1.82, 2.24) is 0 Å². The fraction of sp³-hybridized carbons (Fsp3) is 0.278. The molecule has 1 nitrogen and oxygen atoms in total. The van der Waals surface area contributed by atoms with Crippen LogP contribution in [0.15, 0.2) is 59.5 Å². The Balaban J connectivity index is 1.63. The maximum Gasteiger partial charge on any atom is 0.0697 e. The number of benzene rings is 2. The maximum atomic E-state index is 9.63. The van der Waals surface area contributed by atoms with Gasteiger partial charge in [0.05, 0.1) is 11.5 Å². The molecule has 2 aromatic rings. The minimum absolute atomic E-state index is 0.189. The summed E-state index contributed by atoms with van der Waals surface area (Å²) in [4.78, 5) is 1.29. The zero-order valence-corrected chi connectivity index (χ0v) is 12.2. The van der Waals surface area contributed by atoms with E-state index in [0.29, 0.717) is 0 Å². The van der Waals surface area contributed by atoms with E-state index < -0.39 is 0 Å². The lowest BCUT2D eigenvalue weighted by atomic mass is 9.84. The van der Waals surface area contributed by atoms with E-state index in [0.717, 1.165) is 25.0 Å². The second kappa shape index (κ2) is 5.73. The lowest BCUT2D eigenvalue weighted by molar-refractivity contribution is 0.409. The molecule has 0 N–H and O–H groups in total. The lowest BCUT2D eigenvalue weighted by Crippen LogP contribution is -2.19. The van der Waals surface area contributed by atoms with Crippen LogP contribution in [0.4, 0.5) is 0 Å². The molecule has 0 heterocycles. The first kappa shape index (κ1) is 13.3. The number of fused-ring (bicyclic) bond motifs is 1. The highest BCUT2D eigenvalue weighted by Gasteiger charge is 2.36. The van der Waals surface area contributed by atoms with E-state index in [1.54, 1.807) is 0 Å². The quantitative estimate of drug-likeness (QED) is 0.771. The van der Waals surface area contributed by atoms with Crippen LogP contribution in [-0.2, 0) is 12.8 Å². The van der Waals surface area contributed by atoms with Gasteiger partial charge in [0.25, 0.3) is 0 Å². The second-order valence-corrected chi connectivity index (χ2v) is 6.59. The Morgan fingerprint density at radius 3 is 2.15 bits per heavy atom. The van der Waals surface area contributed by atoms with E-state index >= 15 is 0 Å². The topological polar surface area (TPSA) is 23.8 Å². The molecule has 1 aliphatic rings. The highest BCUT2D eigenvalue weighted by atomic mass is 32.2. The minimum Gasteiger partial charge on any atom is -0.198 e. The molecule has 2 aromatic carbocycles. The van der Waals surface area contributed by atoms with Crippen molar-refractivity contribution in [3.05, 3.63) is 65.7 Å². The Hall–Kier alpha value is -1.72. The molecule has 1 aliphatic carbocycles. The monoisotopic (exact) mass is 279 g/mol. The Labute approximate surface area is 124 Å². The predicted octanol–water partition coefficient (Wildman–Crippen LogP) is 4.48. The van der Waals surface area contributed by atoms with Gasteiger partial charge >= 0.3 is 0 Å². The molecular weight excluding hydrogens is 262 g/mol. The van der Waals surface area contributed by atoms with Gasteiger partial charge in [-0.25, -0.2) is 0 Å². The minimum atomic E-state index is -0.189. The Kier molecular flexibility index (Phi) is 3.80. The zero-order valence-electron chi connectivity index (χ0n) is 11.4. The fourth-order valence-corrected chi connectivity index (χ4v) is 3.96. The van der Waals surface area contributed by atoms with E-state index in [1.165, 1.54) is 16.0 Å². The summed E-state index contributed by atoms with van der Waals surface area (Å²) < 4.78 is 0. The van der Waals surface area contributed by atoms with Gasteiger partial charge in [-0.15, -0.1) is 11.8 Å². The van der Waals surface area contributed by atoms with Crippen LogP contribution in [-0.4, -0.2) is 5.75 Å². The third-order valence-corrected chi connectivity index (χ3v) is 5.02. The summed E-state index contributed by atoms with van der Waals surface area (Å²) in [6.45, 7) is 0. The molecule has 0 radical (unpaired) electrons. The summed E-state index contributed by atoms with van der Waals surface area (Å²) in [6, 6.07) is 21.5. The summed E-state index contributed by atoms with van der Waals surface area (Å²) in [5, 5.41) is 9.63. The third-order valence-electron chi connectivity index (χ3n) is 4.01. The number of hydrogen-bond acceptors (Lipinski definition) is 2. The van der Waals surface area contributed by atoms with E-state index in [-0.39, 0.29) is 5.41 Å². The molecule has 0 aromatic heterocycles. The number of thioether (sulfide) groups is 1. The summed E-state index contributed by atoms with van der Waals surface area (Å²) in [5.74, 6) is 1.01. The summed E-state index contributed by atoms with van der Waals surface area (Å²) in [7, 11) is 0. The molecule has 3 rings (SSSR count). The Morgan fingerprint density at radius 1 is 0.950 bits per heavy atom. The standard InChI is InChI=1S/C18H17NS/c19-14-18(10-11-20-17-8-2-1-3-9-17)12-15-6-4-5-7-16(15)13-18/h1-9H,10-13H2. The van der Waals surface area contributed by atoms with Gasteiger partial charge in [-0.05, 0) is 48.3 Å². The molecule has 0 fully saturated rings. The Morgan fingerprint density at radius 2 is 1.55 bits per heavy atom. The van der Waals surface area contributed by atoms with Gasteiger partial charge in [0, 0.05) is 4.90 Å². The van der Waals surface area contributed by atoms with Gasteiger partial charge in [-0.2, -0.15) is 5.26 Å². The third kappa shape index (κ3) is 2.73. The molecule has 0 unspecified atom stereocenters. The number of hydrogen-bond donors (Lipinski definition) is 0. The average Bonchev–Trinajstić information content (AvgIpc) is 2.87. The number of rotatable bonds is 4. The molecule has 0 amide bonds. The van der Waals surface area contributed by atoms with Crippen molar-refractivity contribution in [2.75, 3.05) is 5.75 Å². The molecule has 0 saturated carbocycles. The molecule has 0 atom stereocenters. The Bertz CT molecular complexity index is 602. The molecule has 2 heteroatoms. The first-order chi connectivity index (χ1) is 9.81. The van der Waals surface area contributed by atoms with Crippen molar-refractivity contribution in [3.63, 3.8) is 0 Å². The van der Waals surface area contributed by atoms with Crippen LogP contribution in [0.2, 0.25) is 0 Å². The normalized spacial score (nSPS) is 15.6. The van der Waals surface area contributed by atoms with Gasteiger partial charge in [-0.1, -0.05) is 42.5 Å². The molecule has 0 saturated heterocycles. The van der Waals surface area contributed by atoms with Crippen LogP contribution in [0.25, 0.3) is 0 Å². The van der Waals surface area contributed by atoms with Crippen molar-refractivity contribution in [1.29, 1.82) is 5.26 Å². The molecule has 0 bridgehead atoms. The predicted molar refractivity (Wildman–Crippen MR) is 83.7 cm³/mol. The highest BCUT2D eigenvalue weighted by molar-refractivity contribution is 7.99. The first-order valence-corrected chi connectivity index (χ1v) is 7.96. The summed E-state index contributed by atoms with van der Waals surface area (Å²) >= 11 is 1.85. The van der Waals surface area contributed by atoms with E-state index in [4.69, 9.17) is 0 Å². The van der Waals surface area contributed by atoms with Crippen molar-refractivity contribution < 1.29 is 0 Å². The van der Waals surface area contributed by atoms with Crippen LogP contribution >= 0.6 is 11.8 Å². The van der Waals surface area contributed by atoms with E-state index in [9.17, 15) is 5.26 Å². The molecule has 100 valence electrons. The molecule has 20 heavy (non-hydrogen) atoms. The van der Waals surface area contributed by atoms with Gasteiger partial charge in [0.1, 0.15) is 0 Å². The van der Waals surface area contributed by atoms with Crippen molar-refractivity contribution in [2.45, 2.75) is 24.2 Å². The van der Waals surface area contributed by atoms with Gasteiger partial charge in [-0.3, -0.25) is 0 Å². The number of nitrogens with zero attached hydrogens (tertiary/aromatic N) is 1. The van der Waals surface area contributed by atoms with E-state index in [2.05, 4.69) is 54.6 Å². The average molecular weight is 279 g/mol. The summed E-state index contributed by atoms with van der Waals surface area (Å²) in [5.41, 5.74) is 2.53. The van der Waals surface area contributed by atoms with Crippen molar-refractivity contribution in [2.24, 2.45) is 5.41 Å². The van der Waals surface area contributed by atoms with Gasteiger partial charge < -0.3 is 0 Å². The SMILES string of the molecule is N#CC1(CCSc2ccccc2)Cc2ccccc2C1. The second-order valence-electron chi connectivity index (χ2n) is 5.43. The van der Waals surface area contributed by atoms with Crippen LogP contribution < -0.4 is 0 Å². The highest BCUT2D eigenvalue weighted by Crippen LogP contribution is 2.40. The smallest absolute Gasteiger partial charge is 0.0697 e. The van der Waals surface area contributed by atoms with Crippen molar-refractivity contribution >= 4 is 11.8 Å². The lowest BCUT2D eigenvalue weighted by Gasteiger charge is -2.19. The van der Waals surface area contributed by atoms with Gasteiger partial charge in [0.15, 0.2) is 0 Å². The summed E-state index contributed by atoms with van der Waals surface area (Å²) in [6.07, 6.45) is 2.78. The molecular formula is C18H17NS. The number of nitriles is 1. The van der Waals surface area contributed by atoms with Gasteiger partial charge in [0.2, 0.25) is 0 Å². The van der Waals surface area contributed by atoms with Crippen LogP contribution in [0.5, 0.6) is 0 Å². The fourth-order valence-electron chi connectivity index (χ4n) is 2.89. The van der Waals surface area contributed by atoms with Crippen LogP contribution in [0.1, 0.15) is 17.5 Å². The van der Waals surface area contributed by atoms with Crippen molar-refractivity contribution in [3.8, 4) is 6.07 Å². The molecule has 0 aliphatic heterocycles. The van der Waals surface area contributed by atoms with Crippen LogP contribution in [0.3, 0.4) is 0 Å². The zero-order chi connectivity index (χ0) is 13.8. The largest absolute Gasteiger partial charge is 0.198 e. The first-order valence-electron chi connectivity index (χ1n) is 6.97.